The number of para-hydroxylation sites is 1. The molecule has 1 aromatic carbocycles. The number of sulfonamides is 1. The van der Waals surface area contributed by atoms with E-state index in [1.165, 1.54) is 0 Å². The van der Waals surface area contributed by atoms with Crippen LogP contribution in [0, 0.1) is 5.92 Å². The maximum atomic E-state index is 12.3. The molecule has 0 saturated heterocycles. The van der Waals surface area contributed by atoms with Gasteiger partial charge in [0.2, 0.25) is 10.0 Å². The van der Waals surface area contributed by atoms with Gasteiger partial charge in [0, 0.05) is 6.04 Å². The smallest absolute Gasteiger partial charge is 0.253 e. The lowest BCUT2D eigenvalue weighted by molar-refractivity contribution is 0.0938. The van der Waals surface area contributed by atoms with Gasteiger partial charge in [0.25, 0.3) is 5.91 Å². The second kappa shape index (κ2) is 7.45. The summed E-state index contributed by atoms with van der Waals surface area (Å²) in [5.41, 5.74) is 0.632. The van der Waals surface area contributed by atoms with Crippen molar-refractivity contribution in [3.05, 3.63) is 29.8 Å². The molecule has 0 aliphatic heterocycles. The molecule has 0 heterocycles. The van der Waals surface area contributed by atoms with Crippen LogP contribution >= 0.6 is 0 Å². The third kappa shape index (κ3) is 6.62. The lowest BCUT2D eigenvalue weighted by Gasteiger charge is -2.16. The molecule has 1 amide bonds. The Kier molecular flexibility index (Phi) is 6.20. The number of benzene rings is 1. The Morgan fingerprint density at radius 2 is 1.76 bits per heavy atom. The first-order valence-corrected chi connectivity index (χ1v) is 8.96. The van der Waals surface area contributed by atoms with Crippen LogP contribution < -0.4 is 10.0 Å². The molecule has 1 rings (SSSR count). The molecule has 0 aliphatic carbocycles. The van der Waals surface area contributed by atoms with E-state index in [9.17, 15) is 13.2 Å². The van der Waals surface area contributed by atoms with Crippen LogP contribution in [0.1, 0.15) is 44.0 Å². The summed E-state index contributed by atoms with van der Waals surface area (Å²) in [4.78, 5) is 12.3. The molecule has 118 valence electrons. The van der Waals surface area contributed by atoms with E-state index >= 15 is 0 Å². The van der Waals surface area contributed by atoms with Gasteiger partial charge in [-0.1, -0.05) is 26.0 Å². The molecule has 1 atom stereocenters. The quantitative estimate of drug-likeness (QED) is 0.812. The normalized spacial score (nSPS) is 13.0. The number of amides is 1. The predicted octanol–water partition coefficient (Wildman–Crippen LogP) is 2.61. The summed E-state index contributed by atoms with van der Waals surface area (Å²) in [5.74, 6) is 0.321. The van der Waals surface area contributed by atoms with Crippen molar-refractivity contribution in [1.29, 1.82) is 0 Å². The molecule has 0 aliphatic rings. The predicted molar refractivity (Wildman–Crippen MR) is 85.9 cm³/mol. The zero-order valence-corrected chi connectivity index (χ0v) is 13.8. The Morgan fingerprint density at radius 3 is 2.33 bits per heavy atom. The fraction of sp³-hybridized carbons (Fsp3) is 0.533. The number of rotatable bonds is 7. The summed E-state index contributed by atoms with van der Waals surface area (Å²) in [5, 5.41) is 2.90. The molecule has 0 radical (unpaired) electrons. The number of hydrogen-bond donors (Lipinski definition) is 2. The second-order valence-corrected chi connectivity index (χ2v) is 7.51. The molecule has 1 unspecified atom stereocenters. The van der Waals surface area contributed by atoms with E-state index in [0.717, 1.165) is 19.1 Å². The van der Waals surface area contributed by atoms with Crippen molar-refractivity contribution in [1.82, 2.24) is 5.32 Å². The number of carbonyl (C=O) groups is 1. The highest BCUT2D eigenvalue weighted by Gasteiger charge is 2.15. The van der Waals surface area contributed by atoms with E-state index in [4.69, 9.17) is 0 Å². The Bertz CT molecular complexity index is 582. The Hall–Kier alpha value is -1.56. The van der Waals surface area contributed by atoms with Crippen LogP contribution in [0.2, 0.25) is 0 Å². The number of carbonyl (C=O) groups excluding carboxylic acids is 1. The first-order valence-electron chi connectivity index (χ1n) is 7.06. The first kappa shape index (κ1) is 17.5. The van der Waals surface area contributed by atoms with E-state index in [1.54, 1.807) is 24.3 Å². The van der Waals surface area contributed by atoms with Crippen molar-refractivity contribution in [2.24, 2.45) is 5.92 Å². The lowest BCUT2D eigenvalue weighted by atomic mass is 10.0. The van der Waals surface area contributed by atoms with Crippen molar-refractivity contribution in [2.75, 3.05) is 11.0 Å². The van der Waals surface area contributed by atoms with Gasteiger partial charge in [-0.2, -0.15) is 0 Å². The molecule has 1 aromatic rings. The fourth-order valence-corrected chi connectivity index (χ4v) is 2.50. The molecular weight excluding hydrogens is 288 g/mol. The molecule has 0 bridgehead atoms. The molecule has 0 saturated carbocycles. The minimum absolute atomic E-state index is 0.0474. The maximum Gasteiger partial charge on any atom is 0.253 e. The number of anilines is 1. The topological polar surface area (TPSA) is 75.3 Å². The Balaban J connectivity index is 2.78. The van der Waals surface area contributed by atoms with Gasteiger partial charge in [-0.15, -0.1) is 0 Å². The van der Waals surface area contributed by atoms with Gasteiger partial charge in [0.1, 0.15) is 0 Å². The van der Waals surface area contributed by atoms with Crippen LogP contribution in [0.5, 0.6) is 0 Å². The van der Waals surface area contributed by atoms with Gasteiger partial charge in [-0.25, -0.2) is 8.42 Å². The summed E-state index contributed by atoms with van der Waals surface area (Å²) in [7, 11) is -3.41. The molecule has 0 fully saturated rings. The lowest BCUT2D eigenvalue weighted by Crippen LogP contribution is -2.33. The summed E-state index contributed by atoms with van der Waals surface area (Å²) >= 11 is 0. The van der Waals surface area contributed by atoms with E-state index < -0.39 is 10.0 Å². The van der Waals surface area contributed by atoms with Crippen molar-refractivity contribution < 1.29 is 13.2 Å². The molecule has 21 heavy (non-hydrogen) atoms. The van der Waals surface area contributed by atoms with Gasteiger partial charge in [0.05, 0.1) is 17.5 Å². The van der Waals surface area contributed by atoms with Gasteiger partial charge in [0.15, 0.2) is 0 Å². The van der Waals surface area contributed by atoms with Crippen LogP contribution in [0.4, 0.5) is 5.69 Å². The standard InChI is InChI=1S/C15H24N2O3S/c1-11(2)9-10-12(3)16-15(18)13-7-5-6-8-14(13)17-21(4,19)20/h5-8,11-12,17H,9-10H2,1-4H3,(H,16,18). The van der Waals surface area contributed by atoms with Crippen LogP contribution in [0.25, 0.3) is 0 Å². The van der Waals surface area contributed by atoms with Gasteiger partial charge in [-0.05, 0) is 37.8 Å². The minimum atomic E-state index is -3.41. The number of hydrogen-bond acceptors (Lipinski definition) is 3. The molecule has 0 aromatic heterocycles. The Morgan fingerprint density at radius 1 is 1.14 bits per heavy atom. The molecule has 0 spiro atoms. The zero-order chi connectivity index (χ0) is 16.0. The number of nitrogens with one attached hydrogen (secondary N) is 2. The van der Waals surface area contributed by atoms with Crippen LogP contribution in [-0.4, -0.2) is 26.6 Å². The van der Waals surface area contributed by atoms with E-state index in [0.29, 0.717) is 17.2 Å². The second-order valence-electron chi connectivity index (χ2n) is 5.77. The van der Waals surface area contributed by atoms with Crippen molar-refractivity contribution in [3.8, 4) is 0 Å². The van der Waals surface area contributed by atoms with Crippen molar-refractivity contribution >= 4 is 21.6 Å². The van der Waals surface area contributed by atoms with Crippen LogP contribution in [0.3, 0.4) is 0 Å². The van der Waals surface area contributed by atoms with E-state index in [1.807, 2.05) is 6.92 Å². The highest BCUT2D eigenvalue weighted by atomic mass is 32.2. The minimum Gasteiger partial charge on any atom is -0.350 e. The largest absolute Gasteiger partial charge is 0.350 e. The molecule has 6 heteroatoms. The molecule has 2 N–H and O–H groups in total. The van der Waals surface area contributed by atoms with Gasteiger partial charge >= 0.3 is 0 Å². The summed E-state index contributed by atoms with van der Waals surface area (Å²) in [6.45, 7) is 6.23. The maximum absolute atomic E-state index is 12.3. The van der Waals surface area contributed by atoms with E-state index in [2.05, 4.69) is 23.9 Å². The third-order valence-electron chi connectivity index (χ3n) is 3.02. The summed E-state index contributed by atoms with van der Waals surface area (Å²) in [6, 6.07) is 6.63. The Labute approximate surface area is 127 Å². The van der Waals surface area contributed by atoms with E-state index in [-0.39, 0.29) is 11.9 Å². The average Bonchev–Trinajstić information content (AvgIpc) is 2.35. The fourth-order valence-electron chi connectivity index (χ4n) is 1.93. The molecule has 5 nitrogen and oxygen atoms in total. The van der Waals surface area contributed by atoms with Crippen molar-refractivity contribution in [3.63, 3.8) is 0 Å². The van der Waals surface area contributed by atoms with Gasteiger partial charge in [-0.3, -0.25) is 9.52 Å². The SMILES string of the molecule is CC(C)CCC(C)NC(=O)c1ccccc1NS(C)(=O)=O. The van der Waals surface area contributed by atoms with Crippen LogP contribution in [0.15, 0.2) is 24.3 Å². The van der Waals surface area contributed by atoms with Crippen LogP contribution in [-0.2, 0) is 10.0 Å². The summed E-state index contributed by atoms with van der Waals surface area (Å²) < 4.78 is 25.0. The van der Waals surface area contributed by atoms with Crippen molar-refractivity contribution in [2.45, 2.75) is 39.7 Å². The zero-order valence-electron chi connectivity index (χ0n) is 13.0. The summed E-state index contributed by atoms with van der Waals surface area (Å²) in [6.07, 6.45) is 2.99. The molecular formula is C15H24N2O3S. The van der Waals surface area contributed by atoms with Gasteiger partial charge < -0.3 is 5.32 Å². The highest BCUT2D eigenvalue weighted by Crippen LogP contribution is 2.17. The third-order valence-corrected chi connectivity index (χ3v) is 3.61. The first-order chi connectivity index (χ1) is 9.69. The average molecular weight is 312 g/mol. The monoisotopic (exact) mass is 312 g/mol. The highest BCUT2D eigenvalue weighted by molar-refractivity contribution is 7.92.